The van der Waals surface area contributed by atoms with E-state index in [9.17, 15) is 8.78 Å². The van der Waals surface area contributed by atoms with Gasteiger partial charge in [-0.2, -0.15) is 17.2 Å². The van der Waals surface area contributed by atoms with Crippen LogP contribution in [0.15, 0.2) is 84.8 Å². The first-order chi connectivity index (χ1) is 21.8. The number of para-hydroxylation sites is 1. The fourth-order valence-corrected chi connectivity index (χ4v) is 6.51. The number of fused-ring (bicyclic) bond motifs is 3. The SMILES string of the molecule is CCC(C)c1ccnc(-n2c3[c-]c(Oc4[c-]c(-n5nc(C)c(C6C(F)=CCC[C@@H]6F)c5C)ccc4)ccc3c3ccccc32)c1.[Pt+2]. The number of pyridine rings is 1. The minimum atomic E-state index is -1.28. The predicted octanol–water partition coefficient (Wildman–Crippen LogP) is 9.95. The van der Waals surface area contributed by atoms with E-state index in [2.05, 4.69) is 66.0 Å². The maximum Gasteiger partial charge on any atom is 2.00 e. The monoisotopic (exact) mass is 795 g/mol. The Morgan fingerprint density at radius 3 is 2.61 bits per heavy atom. The van der Waals surface area contributed by atoms with Gasteiger partial charge in [-0.15, -0.1) is 35.7 Å². The van der Waals surface area contributed by atoms with Gasteiger partial charge in [0, 0.05) is 34.5 Å². The smallest absolute Gasteiger partial charge is 0.509 e. The van der Waals surface area contributed by atoms with Gasteiger partial charge < -0.3 is 9.30 Å². The van der Waals surface area contributed by atoms with Crippen molar-refractivity contribution in [3.63, 3.8) is 0 Å². The Bertz CT molecular complexity index is 2080. The molecule has 0 bridgehead atoms. The number of aryl methyl sites for hydroxylation is 1. The summed E-state index contributed by atoms with van der Waals surface area (Å²) in [5.74, 6) is 0.901. The third-order valence-corrected chi connectivity index (χ3v) is 9.04. The topological polar surface area (TPSA) is 44.9 Å². The zero-order chi connectivity index (χ0) is 31.2. The van der Waals surface area contributed by atoms with Crippen molar-refractivity contribution in [3.8, 4) is 23.0 Å². The number of allylic oxidation sites excluding steroid dienone is 2. The molecule has 0 aliphatic heterocycles. The molecule has 3 atom stereocenters. The summed E-state index contributed by atoms with van der Waals surface area (Å²) in [5.41, 5.74) is 5.65. The van der Waals surface area contributed by atoms with Crippen molar-refractivity contribution in [2.24, 2.45) is 0 Å². The molecular weight excluding hydrogens is 762 g/mol. The van der Waals surface area contributed by atoms with Crippen LogP contribution >= 0.6 is 0 Å². The molecule has 2 unspecified atom stereocenters. The van der Waals surface area contributed by atoms with E-state index in [4.69, 9.17) is 9.72 Å². The maximum absolute atomic E-state index is 14.9. The number of alkyl halides is 1. The van der Waals surface area contributed by atoms with Gasteiger partial charge in [-0.05, 0) is 73.9 Å². The van der Waals surface area contributed by atoms with E-state index >= 15 is 0 Å². The van der Waals surface area contributed by atoms with Gasteiger partial charge >= 0.3 is 21.1 Å². The van der Waals surface area contributed by atoms with Gasteiger partial charge in [0.1, 0.15) is 17.8 Å². The molecule has 1 aliphatic carbocycles. The minimum Gasteiger partial charge on any atom is -0.509 e. The maximum atomic E-state index is 14.9. The summed E-state index contributed by atoms with van der Waals surface area (Å²) in [6.07, 6.45) is 3.83. The van der Waals surface area contributed by atoms with Gasteiger partial charge in [0.25, 0.3) is 0 Å². The Labute approximate surface area is 282 Å². The van der Waals surface area contributed by atoms with Crippen LogP contribution in [0.3, 0.4) is 0 Å². The van der Waals surface area contributed by atoms with E-state index in [-0.39, 0.29) is 21.1 Å². The van der Waals surface area contributed by atoms with E-state index in [0.29, 0.717) is 52.9 Å². The van der Waals surface area contributed by atoms with Crippen LogP contribution in [0.2, 0.25) is 0 Å². The summed E-state index contributed by atoms with van der Waals surface area (Å²) in [6.45, 7) is 8.06. The van der Waals surface area contributed by atoms with Gasteiger partial charge in [0.15, 0.2) is 0 Å². The average molecular weight is 796 g/mol. The number of halogens is 2. The second-order valence-corrected chi connectivity index (χ2v) is 11.9. The Hall–Kier alpha value is -4.09. The van der Waals surface area contributed by atoms with Crippen molar-refractivity contribution in [3.05, 3.63) is 119 Å². The molecule has 7 rings (SSSR count). The first-order valence-electron chi connectivity index (χ1n) is 15.5. The number of benzene rings is 3. The fourth-order valence-electron chi connectivity index (χ4n) is 6.51. The Morgan fingerprint density at radius 2 is 1.80 bits per heavy atom. The van der Waals surface area contributed by atoms with E-state index in [1.807, 2.05) is 49.5 Å². The summed E-state index contributed by atoms with van der Waals surface area (Å²) in [6, 6.07) is 28.8. The average Bonchev–Trinajstić information content (AvgIpc) is 3.53. The van der Waals surface area contributed by atoms with Crippen LogP contribution in [0.4, 0.5) is 8.78 Å². The standard InChI is InChI=1S/C38H34F2N4O.Pt/c1-5-23(2)26-18-19-41-36(20-26)43-34-15-7-6-12-30(34)31-17-16-29(22-35(31)43)45-28-11-8-10-27(21-28)44-25(4)37(24(3)42-44)38-32(39)13-9-14-33(38)40;/h6-8,10-13,15-20,23,33,38H,5,9,14H2,1-4H3;/q-2;+2/t23?,33-,38?;/m0./s1. The molecule has 0 spiro atoms. The molecule has 0 fully saturated rings. The molecule has 0 saturated carbocycles. The van der Waals surface area contributed by atoms with Gasteiger partial charge in [0.05, 0.1) is 11.6 Å². The molecule has 3 heterocycles. The van der Waals surface area contributed by atoms with E-state index in [1.165, 1.54) is 11.6 Å². The summed E-state index contributed by atoms with van der Waals surface area (Å²) in [4.78, 5) is 4.75. The number of rotatable bonds is 7. The number of aromatic nitrogens is 4. The summed E-state index contributed by atoms with van der Waals surface area (Å²) in [5, 5.41) is 6.82. The second-order valence-electron chi connectivity index (χ2n) is 11.9. The van der Waals surface area contributed by atoms with Crippen LogP contribution in [0.5, 0.6) is 11.5 Å². The molecule has 0 N–H and O–H groups in total. The molecular formula is C38H34F2N4OPt. The third kappa shape index (κ3) is 5.60. The molecule has 236 valence electrons. The van der Waals surface area contributed by atoms with Gasteiger partial charge in [-0.1, -0.05) is 43.6 Å². The molecule has 8 heteroatoms. The zero-order valence-corrected chi connectivity index (χ0v) is 28.4. The second kappa shape index (κ2) is 13.0. The molecule has 6 aromatic rings. The number of hydrogen-bond donors (Lipinski definition) is 0. The molecule has 3 aromatic heterocycles. The van der Waals surface area contributed by atoms with Crippen molar-refractivity contribution < 1.29 is 34.6 Å². The number of ether oxygens (including phenoxy) is 1. The normalized spacial score (nSPS) is 17.1. The molecule has 0 saturated heterocycles. The van der Waals surface area contributed by atoms with Crippen molar-refractivity contribution in [1.29, 1.82) is 0 Å². The Balaban J connectivity index is 0.00000372. The van der Waals surface area contributed by atoms with Gasteiger partial charge in [0.2, 0.25) is 0 Å². The van der Waals surface area contributed by atoms with Crippen LogP contribution in [-0.2, 0) is 21.1 Å². The van der Waals surface area contributed by atoms with E-state index in [0.717, 1.165) is 34.0 Å². The van der Waals surface area contributed by atoms with Crippen LogP contribution in [0.1, 0.15) is 67.5 Å². The fraction of sp³-hybridized carbons (Fsp3) is 0.263. The number of nitrogens with zero attached hydrogens (tertiary/aromatic N) is 4. The van der Waals surface area contributed by atoms with Crippen LogP contribution in [0.25, 0.3) is 33.3 Å². The zero-order valence-electron chi connectivity index (χ0n) is 26.1. The number of hydrogen-bond acceptors (Lipinski definition) is 3. The molecule has 0 radical (unpaired) electrons. The molecule has 1 aliphatic rings. The third-order valence-electron chi connectivity index (χ3n) is 9.04. The first-order valence-corrected chi connectivity index (χ1v) is 15.5. The van der Waals surface area contributed by atoms with Crippen molar-refractivity contribution in [2.75, 3.05) is 0 Å². The first kappa shape index (κ1) is 31.9. The molecule has 5 nitrogen and oxygen atoms in total. The van der Waals surface area contributed by atoms with Crippen LogP contribution in [-0.4, -0.2) is 25.5 Å². The van der Waals surface area contributed by atoms with Gasteiger partial charge in [-0.25, -0.2) is 13.8 Å². The summed E-state index contributed by atoms with van der Waals surface area (Å²) >= 11 is 0. The van der Waals surface area contributed by atoms with Crippen molar-refractivity contribution >= 4 is 21.8 Å². The summed E-state index contributed by atoms with van der Waals surface area (Å²) < 4.78 is 39.8. The quantitative estimate of drug-likeness (QED) is 0.151. The van der Waals surface area contributed by atoms with Crippen LogP contribution < -0.4 is 4.74 Å². The van der Waals surface area contributed by atoms with Crippen molar-refractivity contribution in [2.45, 2.75) is 65.0 Å². The largest absolute Gasteiger partial charge is 2.00 e. The van der Waals surface area contributed by atoms with Crippen molar-refractivity contribution in [1.82, 2.24) is 19.3 Å². The van der Waals surface area contributed by atoms with Crippen LogP contribution in [0, 0.1) is 26.0 Å². The molecule has 3 aromatic carbocycles. The summed E-state index contributed by atoms with van der Waals surface area (Å²) in [7, 11) is 0. The van der Waals surface area contributed by atoms with E-state index in [1.54, 1.807) is 11.6 Å². The Kier molecular flexibility index (Phi) is 8.98. The molecule has 0 amide bonds. The Morgan fingerprint density at radius 1 is 1.00 bits per heavy atom. The van der Waals surface area contributed by atoms with E-state index < -0.39 is 17.9 Å². The van der Waals surface area contributed by atoms with Gasteiger partial charge in [-0.3, -0.25) is 4.68 Å². The molecule has 46 heavy (non-hydrogen) atoms. The minimum absolute atomic E-state index is 0. The predicted molar refractivity (Wildman–Crippen MR) is 174 cm³/mol.